The molecule has 3 unspecified atom stereocenters. The summed E-state index contributed by atoms with van der Waals surface area (Å²) in [6.07, 6.45) is -0.130. The lowest BCUT2D eigenvalue weighted by Gasteiger charge is -2.48. The lowest BCUT2D eigenvalue weighted by molar-refractivity contribution is -0.131. The minimum absolute atomic E-state index is 0.0126. The van der Waals surface area contributed by atoms with Gasteiger partial charge in [0.1, 0.15) is 5.75 Å². The molecule has 1 amide bonds. The molecule has 0 radical (unpaired) electrons. The predicted octanol–water partition coefficient (Wildman–Crippen LogP) is 6.18. The van der Waals surface area contributed by atoms with Gasteiger partial charge in [0.25, 0.3) is 10.1 Å². The molecule has 7 nitrogen and oxygen atoms in total. The lowest BCUT2D eigenvalue weighted by Crippen LogP contribution is -2.55. The first-order chi connectivity index (χ1) is 18.6. The Balaban J connectivity index is 1.43. The van der Waals surface area contributed by atoms with Gasteiger partial charge < -0.3 is 15.1 Å². The van der Waals surface area contributed by atoms with Crippen LogP contribution in [0.15, 0.2) is 102 Å². The molecule has 1 fully saturated rings. The normalized spacial score (nSPS) is 18.0. The van der Waals surface area contributed by atoms with Crippen molar-refractivity contribution in [2.75, 3.05) is 4.90 Å². The minimum Gasteiger partial charge on any atom is -0.508 e. The summed E-state index contributed by atoms with van der Waals surface area (Å²) >= 11 is 6.25. The molecule has 4 aromatic rings. The first kappa shape index (κ1) is 26.9. The molecular formula is C30H26ClNO6S. The highest BCUT2D eigenvalue weighted by atomic mass is 35.5. The van der Waals surface area contributed by atoms with E-state index in [4.69, 9.17) is 11.6 Å². The van der Waals surface area contributed by atoms with Crippen molar-refractivity contribution in [2.24, 2.45) is 5.92 Å². The Morgan fingerprint density at radius 1 is 0.872 bits per heavy atom. The van der Waals surface area contributed by atoms with Gasteiger partial charge in [0, 0.05) is 16.3 Å². The number of nitrogens with zero attached hydrogens (tertiary/aromatic N) is 1. The number of benzene rings is 4. The summed E-state index contributed by atoms with van der Waals surface area (Å²) < 4.78 is 31.9. The van der Waals surface area contributed by atoms with Crippen molar-refractivity contribution in [3.05, 3.63) is 113 Å². The number of hydrogen-bond acceptors (Lipinski definition) is 5. The molecule has 1 saturated heterocycles. The van der Waals surface area contributed by atoms with E-state index in [2.05, 4.69) is 0 Å². The van der Waals surface area contributed by atoms with E-state index < -0.39 is 28.2 Å². The number of aromatic hydroxyl groups is 1. The fourth-order valence-corrected chi connectivity index (χ4v) is 5.83. The number of aliphatic hydroxyl groups is 1. The third-order valence-electron chi connectivity index (χ3n) is 7.10. The molecule has 39 heavy (non-hydrogen) atoms. The number of rotatable bonds is 8. The number of para-hydroxylation sites is 1. The highest BCUT2D eigenvalue weighted by Gasteiger charge is 2.49. The quantitative estimate of drug-likeness (QED) is 0.174. The number of anilines is 1. The average molecular weight is 564 g/mol. The third-order valence-corrected chi connectivity index (χ3v) is 8.31. The van der Waals surface area contributed by atoms with Gasteiger partial charge in [0.15, 0.2) is 0 Å². The Kier molecular flexibility index (Phi) is 7.46. The molecule has 3 atom stereocenters. The summed E-state index contributed by atoms with van der Waals surface area (Å²) in [7, 11) is -4.31. The molecule has 9 heteroatoms. The number of carbonyl (C=O) groups is 1. The van der Waals surface area contributed by atoms with E-state index in [1.54, 1.807) is 59.5 Å². The summed E-state index contributed by atoms with van der Waals surface area (Å²) in [4.78, 5) is 14.8. The van der Waals surface area contributed by atoms with E-state index >= 15 is 0 Å². The van der Waals surface area contributed by atoms with Crippen molar-refractivity contribution in [1.82, 2.24) is 0 Å². The van der Waals surface area contributed by atoms with Crippen LogP contribution in [-0.2, 0) is 14.9 Å². The number of carbonyl (C=O) groups excluding carboxylic acids is 1. The Labute approximate surface area is 231 Å². The zero-order valence-corrected chi connectivity index (χ0v) is 22.3. The monoisotopic (exact) mass is 563 g/mol. The molecule has 1 heterocycles. The molecule has 0 spiro atoms. The van der Waals surface area contributed by atoms with Crippen LogP contribution in [0.1, 0.15) is 36.1 Å². The van der Waals surface area contributed by atoms with Crippen molar-refractivity contribution in [2.45, 2.75) is 29.9 Å². The van der Waals surface area contributed by atoms with Gasteiger partial charge in [0.2, 0.25) is 5.91 Å². The number of phenols is 1. The van der Waals surface area contributed by atoms with Crippen LogP contribution in [0, 0.1) is 5.92 Å². The van der Waals surface area contributed by atoms with Crippen LogP contribution in [0.25, 0.3) is 11.1 Å². The molecule has 200 valence electrons. The molecule has 4 aromatic carbocycles. The third kappa shape index (κ3) is 5.42. The SMILES string of the molecule is O=C1C(CCC(O)c2ccccc2Cl)C(c2ccc(-c3ccc(S(=O)(=O)O)cc3)cc2O)N1c1ccccc1. The molecular weight excluding hydrogens is 538 g/mol. The fraction of sp³-hybridized carbons (Fsp3) is 0.167. The minimum atomic E-state index is -4.31. The summed E-state index contributed by atoms with van der Waals surface area (Å²) in [6.45, 7) is 0. The Hall–Kier alpha value is -3.69. The van der Waals surface area contributed by atoms with Gasteiger partial charge in [-0.25, -0.2) is 0 Å². The van der Waals surface area contributed by atoms with E-state index in [0.29, 0.717) is 45.8 Å². The highest BCUT2D eigenvalue weighted by Crippen LogP contribution is 2.49. The number of phenolic OH excluding ortho intramolecular Hbond substituents is 1. The smallest absolute Gasteiger partial charge is 0.294 e. The van der Waals surface area contributed by atoms with E-state index in [-0.39, 0.29) is 16.6 Å². The Morgan fingerprint density at radius 2 is 1.51 bits per heavy atom. The molecule has 0 aliphatic carbocycles. The maximum absolute atomic E-state index is 13.3. The van der Waals surface area contributed by atoms with Gasteiger partial charge in [-0.2, -0.15) is 8.42 Å². The largest absolute Gasteiger partial charge is 0.508 e. The van der Waals surface area contributed by atoms with Crippen molar-refractivity contribution < 1.29 is 28.0 Å². The standard InChI is InChI=1S/C30H26ClNO6S/c31-26-9-5-4-8-23(26)27(33)17-16-25-29(32(30(25)35)21-6-2-1-3-7-21)24-15-12-20(18-28(24)34)19-10-13-22(14-11-19)39(36,37)38/h1-15,18,25,27,29,33-34H,16-17H2,(H,36,37,38). The van der Waals surface area contributed by atoms with Crippen molar-refractivity contribution in [3.63, 3.8) is 0 Å². The number of hydrogen-bond donors (Lipinski definition) is 3. The zero-order chi connectivity index (χ0) is 27.7. The first-order valence-corrected chi connectivity index (χ1v) is 14.2. The fourth-order valence-electron chi connectivity index (χ4n) is 5.09. The van der Waals surface area contributed by atoms with Crippen LogP contribution >= 0.6 is 11.6 Å². The van der Waals surface area contributed by atoms with Crippen LogP contribution in [0.5, 0.6) is 5.75 Å². The van der Waals surface area contributed by atoms with Gasteiger partial charge in [0.05, 0.1) is 23.0 Å². The second-order valence-electron chi connectivity index (χ2n) is 9.48. The Bertz CT molecular complexity index is 1610. The van der Waals surface area contributed by atoms with E-state index in [1.165, 1.54) is 12.1 Å². The van der Waals surface area contributed by atoms with Crippen LogP contribution < -0.4 is 4.90 Å². The predicted molar refractivity (Wildman–Crippen MR) is 149 cm³/mol. The van der Waals surface area contributed by atoms with Crippen molar-refractivity contribution in [3.8, 4) is 16.9 Å². The molecule has 1 aliphatic heterocycles. The number of β-lactam (4-membered cyclic amide) rings is 1. The maximum atomic E-state index is 13.3. The second kappa shape index (κ2) is 10.8. The molecule has 3 N–H and O–H groups in total. The van der Waals surface area contributed by atoms with E-state index in [1.807, 2.05) is 30.3 Å². The van der Waals surface area contributed by atoms with Gasteiger partial charge in [-0.1, -0.05) is 72.3 Å². The molecule has 0 aromatic heterocycles. The summed E-state index contributed by atoms with van der Waals surface area (Å²) in [6, 6.07) is 26.6. The topological polar surface area (TPSA) is 115 Å². The number of amides is 1. The van der Waals surface area contributed by atoms with E-state index in [0.717, 1.165) is 0 Å². The number of aliphatic hydroxyl groups excluding tert-OH is 1. The second-order valence-corrected chi connectivity index (χ2v) is 11.3. The summed E-state index contributed by atoms with van der Waals surface area (Å²) in [5, 5.41) is 22.3. The molecule has 5 rings (SSSR count). The van der Waals surface area contributed by atoms with Crippen molar-refractivity contribution in [1.29, 1.82) is 0 Å². The first-order valence-electron chi connectivity index (χ1n) is 12.4. The summed E-state index contributed by atoms with van der Waals surface area (Å²) in [5.41, 5.74) is 3.16. The van der Waals surface area contributed by atoms with Gasteiger partial charge >= 0.3 is 0 Å². The molecule has 1 aliphatic rings. The van der Waals surface area contributed by atoms with Gasteiger partial charge in [-0.15, -0.1) is 0 Å². The lowest BCUT2D eigenvalue weighted by atomic mass is 9.77. The average Bonchev–Trinajstić information content (AvgIpc) is 2.92. The van der Waals surface area contributed by atoms with Crippen LogP contribution in [-0.4, -0.2) is 29.1 Å². The van der Waals surface area contributed by atoms with Crippen molar-refractivity contribution >= 4 is 33.3 Å². The molecule has 0 bridgehead atoms. The number of halogens is 1. The van der Waals surface area contributed by atoms with Gasteiger partial charge in [-0.05, 0) is 65.9 Å². The molecule has 0 saturated carbocycles. The van der Waals surface area contributed by atoms with Gasteiger partial charge in [-0.3, -0.25) is 9.35 Å². The van der Waals surface area contributed by atoms with E-state index in [9.17, 15) is 28.0 Å². The maximum Gasteiger partial charge on any atom is 0.294 e. The Morgan fingerprint density at radius 3 is 2.15 bits per heavy atom. The van der Waals surface area contributed by atoms with Crippen LogP contribution in [0.2, 0.25) is 5.02 Å². The van der Waals surface area contributed by atoms with Crippen LogP contribution in [0.4, 0.5) is 5.69 Å². The van der Waals surface area contributed by atoms with Crippen LogP contribution in [0.3, 0.4) is 0 Å². The summed E-state index contributed by atoms with van der Waals surface area (Å²) in [5.74, 6) is -0.573. The zero-order valence-electron chi connectivity index (χ0n) is 20.7. The highest BCUT2D eigenvalue weighted by molar-refractivity contribution is 7.85.